The number of nitrogens with two attached hydrogens (primary N) is 1. The molecule has 1 aliphatic rings. The summed E-state index contributed by atoms with van der Waals surface area (Å²) in [7, 11) is -0.469. The molecule has 0 amide bonds. The lowest BCUT2D eigenvalue weighted by Gasteiger charge is -2.32. The molecule has 0 radical (unpaired) electrons. The lowest BCUT2D eigenvalue weighted by atomic mass is 9.77. The normalized spacial score (nSPS) is 23.1. The first kappa shape index (κ1) is 14.0. The number of aromatic nitrogens is 1. The van der Waals surface area contributed by atoms with Crippen LogP contribution < -0.4 is 5.73 Å². The van der Waals surface area contributed by atoms with Gasteiger partial charge in [-0.15, -0.1) is 0 Å². The van der Waals surface area contributed by atoms with Crippen molar-refractivity contribution in [1.82, 2.24) is 4.98 Å². The van der Waals surface area contributed by atoms with Crippen LogP contribution in [0.15, 0.2) is 22.8 Å². The summed E-state index contributed by atoms with van der Waals surface area (Å²) >= 11 is 3.35. The molecule has 4 nitrogen and oxygen atoms in total. The molecule has 2 N–H and O–H groups in total. The minimum Gasteiger partial charge on any atom is -0.402 e. The highest BCUT2D eigenvalue weighted by Crippen LogP contribution is 2.39. The van der Waals surface area contributed by atoms with Crippen LogP contribution in [0.2, 0.25) is 0 Å². The van der Waals surface area contributed by atoms with E-state index in [1.54, 1.807) is 6.20 Å². The van der Waals surface area contributed by atoms with Crippen LogP contribution >= 0.6 is 15.9 Å². The van der Waals surface area contributed by atoms with Crippen molar-refractivity contribution in [3.8, 4) is 0 Å². The van der Waals surface area contributed by atoms with Gasteiger partial charge in [-0.05, 0) is 55.8 Å². The van der Waals surface area contributed by atoms with Gasteiger partial charge in [0.15, 0.2) is 0 Å². The topological polar surface area (TPSA) is 57.4 Å². The van der Waals surface area contributed by atoms with Gasteiger partial charge in [0.05, 0.1) is 22.8 Å². The average molecular weight is 313 g/mol. The van der Waals surface area contributed by atoms with E-state index in [4.69, 9.17) is 15.0 Å². The first-order valence-electron chi connectivity index (χ1n) is 5.96. The molecule has 1 fully saturated rings. The number of hydrogen-bond acceptors (Lipinski definition) is 4. The molecular weight excluding hydrogens is 295 g/mol. The predicted octanol–water partition coefficient (Wildman–Crippen LogP) is 2.48. The largest absolute Gasteiger partial charge is 0.482 e. The van der Waals surface area contributed by atoms with Gasteiger partial charge < -0.3 is 15.0 Å². The van der Waals surface area contributed by atoms with Crippen LogP contribution in [0.3, 0.4) is 0 Å². The van der Waals surface area contributed by atoms with Crippen molar-refractivity contribution in [2.45, 2.75) is 44.8 Å². The number of rotatable bonds is 2. The summed E-state index contributed by atoms with van der Waals surface area (Å²) in [5.74, 6) is -0.390. The van der Waals surface area contributed by atoms with Gasteiger partial charge in [0.25, 0.3) is 0 Å². The molecule has 98 valence electrons. The van der Waals surface area contributed by atoms with Gasteiger partial charge in [-0.1, -0.05) is 0 Å². The second-order valence-electron chi connectivity index (χ2n) is 5.55. The van der Waals surface area contributed by atoms with Crippen molar-refractivity contribution in [1.29, 1.82) is 0 Å². The van der Waals surface area contributed by atoms with E-state index in [0.29, 0.717) is 0 Å². The minimum atomic E-state index is -0.469. The van der Waals surface area contributed by atoms with Crippen LogP contribution in [0, 0.1) is 0 Å². The fraction of sp³-hybridized carbons (Fsp3) is 0.583. The molecular formula is C12H18BBrN2O2. The Kier molecular flexibility index (Phi) is 3.57. The van der Waals surface area contributed by atoms with Crippen molar-refractivity contribution >= 4 is 23.0 Å². The van der Waals surface area contributed by atoms with Crippen LogP contribution in [0.4, 0.5) is 0 Å². The molecule has 1 aromatic heterocycles. The molecule has 2 rings (SSSR count). The molecule has 0 bridgehead atoms. The molecule has 1 saturated heterocycles. The van der Waals surface area contributed by atoms with E-state index in [9.17, 15) is 0 Å². The zero-order chi connectivity index (χ0) is 13.6. The van der Waals surface area contributed by atoms with Gasteiger partial charge in [-0.3, -0.25) is 4.98 Å². The third-order valence-corrected chi connectivity index (χ3v) is 4.13. The molecule has 18 heavy (non-hydrogen) atoms. The van der Waals surface area contributed by atoms with Gasteiger partial charge in [-0.25, -0.2) is 0 Å². The van der Waals surface area contributed by atoms with Gasteiger partial charge in [0.1, 0.15) is 0 Å². The summed E-state index contributed by atoms with van der Waals surface area (Å²) in [5, 5.41) is 0. The SMILES string of the molecule is CC1(C)OB([C@@H](N)c2ccc(Br)cn2)OC1(C)C. The lowest BCUT2D eigenvalue weighted by Crippen LogP contribution is -2.41. The highest BCUT2D eigenvalue weighted by atomic mass is 79.9. The second-order valence-corrected chi connectivity index (χ2v) is 6.47. The highest BCUT2D eigenvalue weighted by Gasteiger charge is 2.53. The number of nitrogens with zero attached hydrogens (tertiary/aromatic N) is 1. The maximum atomic E-state index is 6.16. The van der Waals surface area contributed by atoms with Gasteiger partial charge in [-0.2, -0.15) is 0 Å². The quantitative estimate of drug-likeness (QED) is 0.852. The zero-order valence-electron chi connectivity index (χ0n) is 11.1. The molecule has 0 unspecified atom stereocenters. The number of halogens is 1. The molecule has 0 aromatic carbocycles. The summed E-state index contributed by atoms with van der Waals surface area (Å²) in [4.78, 5) is 4.29. The summed E-state index contributed by atoms with van der Waals surface area (Å²) < 4.78 is 12.7. The Labute approximate surface area is 117 Å². The molecule has 0 spiro atoms. The first-order valence-corrected chi connectivity index (χ1v) is 6.75. The van der Waals surface area contributed by atoms with Crippen molar-refractivity contribution < 1.29 is 9.31 Å². The van der Waals surface area contributed by atoms with Crippen LogP contribution in [-0.4, -0.2) is 23.3 Å². The first-order chi connectivity index (χ1) is 8.23. The maximum absolute atomic E-state index is 6.16. The molecule has 1 atom stereocenters. The van der Waals surface area contributed by atoms with Crippen LogP contribution in [0.1, 0.15) is 39.3 Å². The van der Waals surface area contributed by atoms with E-state index in [-0.39, 0.29) is 17.1 Å². The van der Waals surface area contributed by atoms with E-state index in [1.807, 2.05) is 39.8 Å². The second kappa shape index (κ2) is 4.60. The van der Waals surface area contributed by atoms with Crippen molar-refractivity contribution in [3.05, 3.63) is 28.5 Å². The predicted molar refractivity (Wildman–Crippen MR) is 74.9 cm³/mol. The van der Waals surface area contributed by atoms with Crippen molar-refractivity contribution in [3.63, 3.8) is 0 Å². The standard InChI is InChI=1S/C12H18BBrN2O2/c1-11(2)12(3,4)18-13(17-11)10(15)9-6-5-8(14)7-16-9/h5-7,10H,15H2,1-4H3/t10-/m0/s1. The molecule has 1 aliphatic heterocycles. The smallest absolute Gasteiger partial charge is 0.402 e. The summed E-state index contributed by atoms with van der Waals surface area (Å²) in [6, 6.07) is 3.78. The highest BCUT2D eigenvalue weighted by molar-refractivity contribution is 9.10. The van der Waals surface area contributed by atoms with Gasteiger partial charge in [0, 0.05) is 10.7 Å². The Balaban J connectivity index is 2.17. The van der Waals surface area contributed by atoms with Crippen LogP contribution in [-0.2, 0) is 9.31 Å². The Morgan fingerprint density at radius 3 is 2.22 bits per heavy atom. The number of hydrogen-bond donors (Lipinski definition) is 1. The molecule has 0 saturated carbocycles. The van der Waals surface area contributed by atoms with Crippen LogP contribution in [0.25, 0.3) is 0 Å². The molecule has 6 heteroatoms. The van der Waals surface area contributed by atoms with E-state index in [0.717, 1.165) is 10.2 Å². The Morgan fingerprint density at radius 2 is 1.78 bits per heavy atom. The molecule has 0 aliphatic carbocycles. The fourth-order valence-corrected chi connectivity index (χ4v) is 1.99. The minimum absolute atomic E-state index is 0.370. The Morgan fingerprint density at radius 1 is 1.22 bits per heavy atom. The summed E-state index contributed by atoms with van der Waals surface area (Å²) in [6.07, 6.45) is 1.72. The van der Waals surface area contributed by atoms with Crippen molar-refractivity contribution in [2.24, 2.45) is 5.73 Å². The third-order valence-electron chi connectivity index (χ3n) is 3.66. The molecule has 2 heterocycles. The lowest BCUT2D eigenvalue weighted by molar-refractivity contribution is 0.00578. The Hall–Kier alpha value is -0.425. The molecule has 1 aromatic rings. The number of pyridine rings is 1. The summed E-state index contributed by atoms with van der Waals surface area (Å²) in [6.45, 7) is 8.03. The monoisotopic (exact) mass is 312 g/mol. The third kappa shape index (κ3) is 2.47. The van der Waals surface area contributed by atoms with Gasteiger partial charge >= 0.3 is 7.12 Å². The van der Waals surface area contributed by atoms with Crippen molar-refractivity contribution in [2.75, 3.05) is 0 Å². The average Bonchev–Trinajstić information content (AvgIpc) is 2.48. The van der Waals surface area contributed by atoms with Gasteiger partial charge in [0.2, 0.25) is 0 Å². The summed E-state index contributed by atoms with van der Waals surface area (Å²) in [5.41, 5.74) is 6.18. The fourth-order valence-electron chi connectivity index (χ4n) is 1.76. The van der Waals surface area contributed by atoms with E-state index >= 15 is 0 Å². The van der Waals surface area contributed by atoms with E-state index in [1.165, 1.54) is 0 Å². The zero-order valence-corrected chi connectivity index (χ0v) is 12.7. The van der Waals surface area contributed by atoms with Crippen LogP contribution in [0.5, 0.6) is 0 Å². The Bertz CT molecular complexity index is 420. The maximum Gasteiger partial charge on any atom is 0.482 e. The van der Waals surface area contributed by atoms with E-state index < -0.39 is 7.12 Å². The van der Waals surface area contributed by atoms with E-state index in [2.05, 4.69) is 20.9 Å².